The Morgan fingerprint density at radius 3 is 2.53 bits per heavy atom. The number of carbonyl (C=O) groups excluding carboxylic acids is 2. The molecule has 2 heterocycles. The van der Waals surface area contributed by atoms with E-state index in [0.717, 1.165) is 25.7 Å². The molecule has 2 aromatic rings. The molecule has 1 N–H and O–H groups in total. The normalized spacial score (nSPS) is 18.1. The topological polar surface area (TPSA) is 95.6 Å². The highest BCUT2D eigenvalue weighted by Gasteiger charge is 2.44. The predicted molar refractivity (Wildman–Crippen MR) is 123 cm³/mol. The van der Waals surface area contributed by atoms with Crippen molar-refractivity contribution in [2.24, 2.45) is 0 Å². The Morgan fingerprint density at radius 2 is 1.76 bits per heavy atom. The monoisotopic (exact) mass is 468 g/mol. The van der Waals surface area contributed by atoms with Crippen LogP contribution in [0.5, 0.6) is 23.0 Å². The van der Waals surface area contributed by atoms with Gasteiger partial charge < -0.3 is 33.9 Å². The fourth-order valence-electron chi connectivity index (χ4n) is 4.46. The molecule has 3 aliphatic rings. The van der Waals surface area contributed by atoms with E-state index in [4.69, 9.17) is 23.7 Å². The number of nitrogens with zero attached hydrogens (tertiary/aromatic N) is 1. The van der Waals surface area contributed by atoms with E-state index in [-0.39, 0.29) is 18.4 Å². The summed E-state index contributed by atoms with van der Waals surface area (Å²) in [6.45, 7) is 2.06. The summed E-state index contributed by atoms with van der Waals surface area (Å²) in [5.41, 5.74) is 1.01. The minimum absolute atomic E-state index is 0.111. The third kappa shape index (κ3) is 4.61. The third-order valence-electron chi connectivity index (χ3n) is 6.30. The van der Waals surface area contributed by atoms with Gasteiger partial charge >= 0.3 is 0 Å². The second-order valence-electron chi connectivity index (χ2n) is 8.59. The smallest absolute Gasteiger partial charge is 0.260 e. The molecule has 0 unspecified atom stereocenters. The quantitative estimate of drug-likeness (QED) is 0.695. The average molecular weight is 469 g/mol. The Morgan fingerprint density at radius 1 is 1.00 bits per heavy atom. The van der Waals surface area contributed by atoms with E-state index in [1.807, 2.05) is 6.07 Å². The zero-order chi connectivity index (χ0) is 23.5. The maximum Gasteiger partial charge on any atom is 0.260 e. The lowest BCUT2D eigenvalue weighted by molar-refractivity contribution is -0.137. The van der Waals surface area contributed by atoms with Crippen molar-refractivity contribution in [3.8, 4) is 23.0 Å². The van der Waals surface area contributed by atoms with Crippen LogP contribution in [0, 0.1) is 0 Å². The molecule has 1 aliphatic carbocycles. The van der Waals surface area contributed by atoms with Crippen molar-refractivity contribution in [3.63, 3.8) is 0 Å². The van der Waals surface area contributed by atoms with E-state index in [1.54, 1.807) is 35.2 Å². The third-order valence-corrected chi connectivity index (χ3v) is 6.30. The summed E-state index contributed by atoms with van der Waals surface area (Å²) in [6, 6.07) is 10.2. The van der Waals surface area contributed by atoms with Gasteiger partial charge in [-0.15, -0.1) is 0 Å². The summed E-state index contributed by atoms with van der Waals surface area (Å²) in [7, 11) is 1.49. The molecule has 2 aliphatic heterocycles. The number of methoxy groups -OCH3 is 1. The Hall–Kier alpha value is -3.46. The lowest BCUT2D eigenvalue weighted by Crippen LogP contribution is -2.43. The van der Waals surface area contributed by atoms with Gasteiger partial charge in [0.05, 0.1) is 20.3 Å². The van der Waals surface area contributed by atoms with Crippen LogP contribution >= 0.6 is 0 Å². The van der Waals surface area contributed by atoms with Crippen molar-refractivity contribution in [2.45, 2.75) is 31.5 Å². The molecule has 1 spiro atoms. The van der Waals surface area contributed by atoms with Gasteiger partial charge in [-0.1, -0.05) is 0 Å². The Kier molecular flexibility index (Phi) is 6.19. The largest absolute Gasteiger partial charge is 0.493 e. The molecule has 9 heteroatoms. The zero-order valence-corrected chi connectivity index (χ0v) is 19.1. The molecule has 2 amide bonds. The Bertz CT molecular complexity index is 1070. The van der Waals surface area contributed by atoms with E-state index in [2.05, 4.69) is 5.32 Å². The number of fused-ring (bicyclic) bond motifs is 1. The van der Waals surface area contributed by atoms with E-state index in [1.165, 1.54) is 7.11 Å². The number of amides is 2. The molecular formula is C25H28N2O7. The first kappa shape index (κ1) is 22.3. The van der Waals surface area contributed by atoms with Crippen molar-refractivity contribution in [1.82, 2.24) is 4.90 Å². The summed E-state index contributed by atoms with van der Waals surface area (Å²) in [4.78, 5) is 26.9. The summed E-state index contributed by atoms with van der Waals surface area (Å²) in [6.07, 6.45) is 3.91. The van der Waals surface area contributed by atoms with Gasteiger partial charge in [0.15, 0.2) is 29.6 Å². The first-order valence-electron chi connectivity index (χ1n) is 11.6. The molecule has 2 fully saturated rings. The van der Waals surface area contributed by atoms with E-state index >= 15 is 0 Å². The van der Waals surface area contributed by atoms with Gasteiger partial charge in [0.1, 0.15) is 0 Å². The Labute approximate surface area is 197 Å². The van der Waals surface area contributed by atoms with Gasteiger partial charge in [-0.25, -0.2) is 0 Å². The lowest BCUT2D eigenvalue weighted by atomic mass is 10.1. The van der Waals surface area contributed by atoms with Crippen molar-refractivity contribution < 1.29 is 33.3 Å². The molecule has 2 aromatic carbocycles. The number of carbonyl (C=O) groups is 2. The molecule has 5 rings (SSSR count). The summed E-state index contributed by atoms with van der Waals surface area (Å²) in [5, 5.41) is 2.89. The number of morpholine rings is 1. The van der Waals surface area contributed by atoms with Crippen LogP contribution in [0.1, 0.15) is 36.0 Å². The van der Waals surface area contributed by atoms with Crippen molar-refractivity contribution >= 4 is 17.5 Å². The van der Waals surface area contributed by atoms with E-state index in [9.17, 15) is 9.59 Å². The highest BCUT2D eigenvalue weighted by molar-refractivity contribution is 6.04. The molecule has 180 valence electrons. The van der Waals surface area contributed by atoms with Crippen molar-refractivity contribution in [2.75, 3.05) is 45.3 Å². The van der Waals surface area contributed by atoms with Gasteiger partial charge in [0, 0.05) is 43.2 Å². The van der Waals surface area contributed by atoms with E-state index < -0.39 is 5.79 Å². The average Bonchev–Trinajstić information content (AvgIpc) is 3.48. The molecule has 34 heavy (non-hydrogen) atoms. The van der Waals surface area contributed by atoms with Crippen molar-refractivity contribution in [3.05, 3.63) is 42.0 Å². The fourth-order valence-corrected chi connectivity index (χ4v) is 4.46. The second kappa shape index (κ2) is 9.42. The van der Waals surface area contributed by atoms with Gasteiger partial charge in [-0.05, 0) is 43.2 Å². The summed E-state index contributed by atoms with van der Waals surface area (Å²) < 4.78 is 28.4. The van der Waals surface area contributed by atoms with Gasteiger partial charge in [-0.2, -0.15) is 0 Å². The van der Waals surface area contributed by atoms with E-state index in [0.29, 0.717) is 60.6 Å². The molecule has 1 saturated carbocycles. The van der Waals surface area contributed by atoms with Crippen LogP contribution in [0.15, 0.2) is 36.4 Å². The summed E-state index contributed by atoms with van der Waals surface area (Å²) in [5.74, 6) is 1.15. The number of nitrogens with one attached hydrogen (secondary N) is 1. The lowest BCUT2D eigenvalue weighted by Gasteiger charge is -2.26. The molecule has 0 radical (unpaired) electrons. The van der Waals surface area contributed by atoms with Crippen LogP contribution in [0.3, 0.4) is 0 Å². The number of rotatable bonds is 6. The fraction of sp³-hybridized carbons (Fsp3) is 0.440. The van der Waals surface area contributed by atoms with Crippen molar-refractivity contribution in [1.29, 1.82) is 0 Å². The molecule has 9 nitrogen and oxygen atoms in total. The first-order valence-corrected chi connectivity index (χ1v) is 11.6. The highest BCUT2D eigenvalue weighted by atomic mass is 16.7. The maximum atomic E-state index is 12.9. The number of ether oxygens (including phenoxy) is 5. The molecule has 0 atom stereocenters. The number of anilines is 1. The molecular weight excluding hydrogens is 440 g/mol. The zero-order valence-electron chi connectivity index (χ0n) is 19.1. The van der Waals surface area contributed by atoms with Crippen LogP contribution in [-0.2, 0) is 9.53 Å². The number of hydrogen-bond acceptors (Lipinski definition) is 7. The molecule has 0 aromatic heterocycles. The van der Waals surface area contributed by atoms with Crippen LogP contribution in [0.25, 0.3) is 0 Å². The second-order valence-corrected chi connectivity index (χ2v) is 8.59. The summed E-state index contributed by atoms with van der Waals surface area (Å²) >= 11 is 0. The standard InChI is InChI=1S/C25H28N2O7/c1-30-21-14-17(4-6-19(21)32-16-23(28)27-10-12-31-13-11-27)24(29)26-18-5-7-20-22(15-18)34-25(33-20)8-2-3-9-25/h4-7,14-15H,2-3,8-13,16H2,1H3,(H,26,29). The van der Waals surface area contributed by atoms with Crippen LogP contribution in [-0.4, -0.2) is 62.5 Å². The van der Waals surface area contributed by atoms with Gasteiger partial charge in [-0.3, -0.25) is 9.59 Å². The highest BCUT2D eigenvalue weighted by Crippen LogP contribution is 2.47. The minimum atomic E-state index is -0.544. The van der Waals surface area contributed by atoms with Crippen LogP contribution in [0.4, 0.5) is 5.69 Å². The first-order chi connectivity index (χ1) is 16.5. The van der Waals surface area contributed by atoms with Gasteiger partial charge in [0.25, 0.3) is 17.6 Å². The van der Waals surface area contributed by atoms with Crippen LogP contribution < -0.4 is 24.3 Å². The van der Waals surface area contributed by atoms with Gasteiger partial charge in [0.2, 0.25) is 0 Å². The molecule has 1 saturated heterocycles. The predicted octanol–water partition coefficient (Wildman–Crippen LogP) is 3.23. The minimum Gasteiger partial charge on any atom is -0.493 e. The molecule has 0 bridgehead atoms. The SMILES string of the molecule is COc1cc(C(=O)Nc2ccc3c(c2)OC2(CCCC2)O3)ccc1OCC(=O)N1CCOCC1. The number of benzene rings is 2. The van der Waals surface area contributed by atoms with Crippen LogP contribution in [0.2, 0.25) is 0 Å². The Balaban J connectivity index is 1.22. The number of hydrogen-bond donors (Lipinski definition) is 1. The maximum absolute atomic E-state index is 12.9.